The Morgan fingerprint density at radius 1 is 1.36 bits per heavy atom. The van der Waals surface area contributed by atoms with E-state index in [0.717, 1.165) is 6.54 Å². The Bertz CT molecular complexity index is 299. The lowest BCUT2D eigenvalue weighted by molar-refractivity contribution is 0.145. The summed E-state index contributed by atoms with van der Waals surface area (Å²) in [5.41, 5.74) is 3.80. The van der Waals surface area contributed by atoms with Gasteiger partial charge in [-0.2, -0.15) is 0 Å². The van der Waals surface area contributed by atoms with Crippen molar-refractivity contribution in [3.8, 4) is 0 Å². The maximum absolute atomic E-state index is 4.99. The van der Waals surface area contributed by atoms with Crippen molar-refractivity contribution in [2.45, 2.75) is 13.8 Å². The fourth-order valence-electron chi connectivity index (χ4n) is 1.54. The monoisotopic (exact) mass is 194 g/mol. The smallest absolute Gasteiger partial charge is 0.0854 e. The number of hydrogen-bond acceptors (Lipinski definition) is 3. The van der Waals surface area contributed by atoms with E-state index in [2.05, 4.69) is 41.8 Å². The number of nitrogens with two attached hydrogens (primary N) is 1. The third-order valence-corrected chi connectivity index (χ3v) is 2.31. The molecule has 1 aromatic rings. The molecule has 0 atom stereocenters. The average molecular weight is 194 g/mol. The molecule has 0 heterocycles. The second-order valence-electron chi connectivity index (χ2n) is 3.58. The highest BCUT2D eigenvalue weighted by molar-refractivity contribution is 5.53. The standard InChI is InChI=1S/C11H18N2O/c1-9-4-5-11(10(2)8-9)13(3)6-7-14-12/h4-5,8H,6-7,12H2,1-3H3. The molecule has 0 aromatic heterocycles. The minimum absolute atomic E-state index is 0.545. The van der Waals surface area contributed by atoms with Crippen LogP contribution in [0.25, 0.3) is 0 Å². The summed E-state index contributed by atoms with van der Waals surface area (Å²) < 4.78 is 0. The Morgan fingerprint density at radius 2 is 2.07 bits per heavy atom. The number of likely N-dealkylation sites (N-methyl/N-ethyl adjacent to an activating group) is 1. The number of hydrogen-bond donors (Lipinski definition) is 1. The molecule has 0 bridgehead atoms. The zero-order valence-electron chi connectivity index (χ0n) is 9.08. The van der Waals surface area contributed by atoms with Crippen LogP contribution in [0.15, 0.2) is 18.2 Å². The molecular formula is C11H18N2O. The van der Waals surface area contributed by atoms with E-state index < -0.39 is 0 Å². The van der Waals surface area contributed by atoms with Crippen molar-refractivity contribution in [2.75, 3.05) is 25.1 Å². The fourth-order valence-corrected chi connectivity index (χ4v) is 1.54. The van der Waals surface area contributed by atoms with Crippen molar-refractivity contribution in [3.05, 3.63) is 29.3 Å². The van der Waals surface area contributed by atoms with E-state index in [1.165, 1.54) is 16.8 Å². The highest BCUT2D eigenvalue weighted by Crippen LogP contribution is 2.19. The van der Waals surface area contributed by atoms with Crippen LogP contribution in [0.5, 0.6) is 0 Å². The van der Waals surface area contributed by atoms with Gasteiger partial charge in [0.1, 0.15) is 0 Å². The van der Waals surface area contributed by atoms with Crippen LogP contribution in [-0.4, -0.2) is 20.2 Å². The van der Waals surface area contributed by atoms with Gasteiger partial charge in [0.15, 0.2) is 0 Å². The molecule has 1 aromatic carbocycles. The van der Waals surface area contributed by atoms with Gasteiger partial charge in [0, 0.05) is 19.3 Å². The van der Waals surface area contributed by atoms with E-state index in [1.807, 2.05) is 7.05 Å². The molecule has 2 N–H and O–H groups in total. The Labute approximate surface area is 85.4 Å². The quantitative estimate of drug-likeness (QED) is 0.740. The second-order valence-corrected chi connectivity index (χ2v) is 3.58. The van der Waals surface area contributed by atoms with Gasteiger partial charge in [-0.1, -0.05) is 17.7 Å². The topological polar surface area (TPSA) is 38.5 Å². The molecule has 0 fully saturated rings. The third kappa shape index (κ3) is 2.72. The van der Waals surface area contributed by atoms with Crippen LogP contribution in [0.3, 0.4) is 0 Å². The molecule has 3 nitrogen and oxygen atoms in total. The molecule has 0 amide bonds. The Hall–Kier alpha value is -1.06. The summed E-state index contributed by atoms with van der Waals surface area (Å²) in [6, 6.07) is 6.42. The Morgan fingerprint density at radius 3 is 2.64 bits per heavy atom. The number of anilines is 1. The van der Waals surface area contributed by atoms with Crippen LogP contribution in [-0.2, 0) is 4.84 Å². The molecule has 3 heteroatoms. The van der Waals surface area contributed by atoms with Crippen molar-refractivity contribution in [1.82, 2.24) is 0 Å². The SMILES string of the molecule is Cc1ccc(N(C)CCON)c(C)c1. The Balaban J connectivity index is 2.74. The highest BCUT2D eigenvalue weighted by Gasteiger charge is 2.03. The number of rotatable bonds is 4. The van der Waals surface area contributed by atoms with Crippen LogP contribution in [0.2, 0.25) is 0 Å². The van der Waals surface area contributed by atoms with E-state index in [0.29, 0.717) is 6.61 Å². The van der Waals surface area contributed by atoms with Gasteiger partial charge in [0.2, 0.25) is 0 Å². The van der Waals surface area contributed by atoms with Gasteiger partial charge in [-0.15, -0.1) is 0 Å². The van der Waals surface area contributed by atoms with Gasteiger partial charge in [0.25, 0.3) is 0 Å². The maximum atomic E-state index is 4.99. The first-order chi connectivity index (χ1) is 6.65. The molecule has 0 spiro atoms. The molecule has 0 aliphatic carbocycles. The second kappa shape index (κ2) is 4.98. The van der Waals surface area contributed by atoms with Crippen molar-refractivity contribution in [3.63, 3.8) is 0 Å². The molecule has 0 unspecified atom stereocenters. The minimum atomic E-state index is 0.545. The molecule has 78 valence electrons. The van der Waals surface area contributed by atoms with Gasteiger partial charge in [-0.25, -0.2) is 5.90 Å². The normalized spacial score (nSPS) is 10.3. The van der Waals surface area contributed by atoms with Gasteiger partial charge in [-0.05, 0) is 25.5 Å². The van der Waals surface area contributed by atoms with Gasteiger partial charge < -0.3 is 9.74 Å². The van der Waals surface area contributed by atoms with Gasteiger partial charge >= 0.3 is 0 Å². The zero-order valence-corrected chi connectivity index (χ0v) is 9.08. The van der Waals surface area contributed by atoms with Crippen molar-refractivity contribution >= 4 is 5.69 Å². The summed E-state index contributed by atoms with van der Waals surface area (Å²) in [5, 5.41) is 0. The van der Waals surface area contributed by atoms with Gasteiger partial charge in [-0.3, -0.25) is 0 Å². The predicted octanol–water partition coefficient (Wildman–Crippen LogP) is 1.63. The summed E-state index contributed by atoms with van der Waals surface area (Å²) in [4.78, 5) is 6.70. The minimum Gasteiger partial charge on any atom is -0.372 e. The molecule has 0 aliphatic heterocycles. The summed E-state index contributed by atoms with van der Waals surface area (Å²) in [5.74, 6) is 4.99. The number of aryl methyl sites for hydroxylation is 2. The van der Waals surface area contributed by atoms with E-state index in [4.69, 9.17) is 5.90 Å². The summed E-state index contributed by atoms with van der Waals surface area (Å²) in [7, 11) is 2.04. The molecule has 0 radical (unpaired) electrons. The van der Waals surface area contributed by atoms with Gasteiger partial charge in [0.05, 0.1) is 6.61 Å². The first-order valence-corrected chi connectivity index (χ1v) is 4.75. The number of nitrogens with zero attached hydrogens (tertiary/aromatic N) is 1. The van der Waals surface area contributed by atoms with E-state index >= 15 is 0 Å². The van der Waals surface area contributed by atoms with Crippen LogP contribution in [0.4, 0.5) is 5.69 Å². The molecule has 14 heavy (non-hydrogen) atoms. The number of benzene rings is 1. The Kier molecular flexibility index (Phi) is 3.92. The first-order valence-electron chi connectivity index (χ1n) is 4.75. The van der Waals surface area contributed by atoms with Crippen molar-refractivity contribution < 1.29 is 4.84 Å². The predicted molar refractivity (Wildman–Crippen MR) is 59.3 cm³/mol. The highest BCUT2D eigenvalue weighted by atomic mass is 16.6. The van der Waals surface area contributed by atoms with Crippen molar-refractivity contribution in [1.29, 1.82) is 0 Å². The lowest BCUT2D eigenvalue weighted by Gasteiger charge is -2.21. The van der Waals surface area contributed by atoms with E-state index in [-0.39, 0.29) is 0 Å². The van der Waals surface area contributed by atoms with Crippen molar-refractivity contribution in [2.24, 2.45) is 5.90 Å². The fraction of sp³-hybridized carbons (Fsp3) is 0.455. The molecule has 0 aliphatic rings. The van der Waals surface area contributed by atoms with Crippen LogP contribution < -0.4 is 10.8 Å². The first kappa shape index (κ1) is 11.0. The summed E-state index contributed by atoms with van der Waals surface area (Å²) >= 11 is 0. The lowest BCUT2D eigenvalue weighted by Crippen LogP contribution is -2.24. The van der Waals surface area contributed by atoms with Crippen LogP contribution >= 0.6 is 0 Å². The summed E-state index contributed by atoms with van der Waals surface area (Å²) in [6.07, 6.45) is 0. The average Bonchev–Trinajstić information content (AvgIpc) is 2.14. The molecule has 0 saturated carbocycles. The maximum Gasteiger partial charge on any atom is 0.0854 e. The zero-order chi connectivity index (χ0) is 10.6. The molecule has 1 rings (SSSR count). The lowest BCUT2D eigenvalue weighted by atomic mass is 10.1. The summed E-state index contributed by atoms with van der Waals surface area (Å²) in [6.45, 7) is 5.56. The van der Waals surface area contributed by atoms with E-state index in [1.54, 1.807) is 0 Å². The third-order valence-electron chi connectivity index (χ3n) is 2.31. The molecule has 0 saturated heterocycles. The van der Waals surface area contributed by atoms with Crippen LogP contribution in [0.1, 0.15) is 11.1 Å². The van der Waals surface area contributed by atoms with Crippen LogP contribution in [0, 0.1) is 13.8 Å². The largest absolute Gasteiger partial charge is 0.372 e. The van der Waals surface area contributed by atoms with E-state index in [9.17, 15) is 0 Å². The molecular weight excluding hydrogens is 176 g/mol.